The summed E-state index contributed by atoms with van der Waals surface area (Å²) in [4.78, 5) is 7.19. The molecule has 212 valence electrons. The molecular weight excluding hydrogens is 500 g/mol. The molecular formula is C37H46N4+2. The third-order valence-electron chi connectivity index (χ3n) is 6.68. The summed E-state index contributed by atoms with van der Waals surface area (Å²) in [5.74, 6) is 0. The molecule has 0 aromatic heterocycles. The number of rotatable bonds is 12. The Bertz CT molecular complexity index is 1280. The van der Waals surface area contributed by atoms with Gasteiger partial charge in [-0.2, -0.15) is 0 Å². The predicted molar refractivity (Wildman–Crippen MR) is 180 cm³/mol. The van der Waals surface area contributed by atoms with Crippen LogP contribution in [0.25, 0.3) is 18.2 Å². The first-order valence-corrected chi connectivity index (χ1v) is 14.9. The van der Waals surface area contributed by atoms with Gasteiger partial charge >= 0.3 is 0 Å². The van der Waals surface area contributed by atoms with Crippen molar-refractivity contribution < 1.29 is 9.15 Å². The van der Waals surface area contributed by atoms with Crippen molar-refractivity contribution in [3.63, 3.8) is 0 Å². The van der Waals surface area contributed by atoms with Gasteiger partial charge in [0.2, 0.25) is 0 Å². The maximum atomic E-state index is 4.62. The first-order valence-electron chi connectivity index (χ1n) is 14.9. The van der Waals surface area contributed by atoms with Crippen LogP contribution in [0.3, 0.4) is 0 Å². The van der Waals surface area contributed by atoms with E-state index >= 15 is 0 Å². The van der Waals surface area contributed by atoms with Crippen LogP contribution in [0.1, 0.15) is 30.5 Å². The molecule has 41 heavy (non-hydrogen) atoms. The molecule has 1 saturated heterocycles. The van der Waals surface area contributed by atoms with Crippen molar-refractivity contribution in [2.45, 2.75) is 13.8 Å². The summed E-state index contributed by atoms with van der Waals surface area (Å²) < 4.78 is 4.80. The van der Waals surface area contributed by atoms with Crippen LogP contribution in [-0.4, -0.2) is 85.1 Å². The van der Waals surface area contributed by atoms with E-state index < -0.39 is 0 Å². The maximum absolute atomic E-state index is 4.62. The van der Waals surface area contributed by atoms with Crippen molar-refractivity contribution in [2.24, 2.45) is 4.99 Å². The fraction of sp³-hybridized carbons (Fsp3) is 0.270. The molecule has 4 nitrogen and oxygen atoms in total. The van der Waals surface area contributed by atoms with Gasteiger partial charge in [-0.1, -0.05) is 111 Å². The van der Waals surface area contributed by atoms with Gasteiger partial charge in [0.25, 0.3) is 0 Å². The average molecular weight is 547 g/mol. The monoisotopic (exact) mass is 546 g/mol. The summed E-state index contributed by atoms with van der Waals surface area (Å²) in [5.41, 5.74) is 3.64. The van der Waals surface area contributed by atoms with E-state index in [-0.39, 0.29) is 0 Å². The number of nitrogens with zero attached hydrogens (tertiary/aromatic N) is 4. The van der Waals surface area contributed by atoms with Crippen molar-refractivity contribution in [2.75, 3.05) is 52.4 Å². The summed E-state index contributed by atoms with van der Waals surface area (Å²) in [5, 5.41) is 0. The van der Waals surface area contributed by atoms with Crippen LogP contribution in [0, 0.1) is 0 Å². The summed E-state index contributed by atoms with van der Waals surface area (Å²) >= 11 is 0. The Morgan fingerprint density at radius 1 is 0.683 bits per heavy atom. The first-order chi connectivity index (χ1) is 20.3. The lowest BCUT2D eigenvalue weighted by Crippen LogP contribution is -2.44. The van der Waals surface area contributed by atoms with Gasteiger partial charge in [0.05, 0.1) is 26.2 Å². The highest BCUT2D eigenvalue weighted by Crippen LogP contribution is 2.02. The average Bonchev–Trinajstić information content (AvgIpc) is 3.04. The fourth-order valence-electron chi connectivity index (χ4n) is 4.39. The molecule has 0 amide bonds. The minimum absolute atomic E-state index is 0.769. The molecule has 0 aliphatic carbocycles. The lowest BCUT2D eigenvalue weighted by Gasteiger charge is -2.24. The summed E-state index contributed by atoms with van der Waals surface area (Å²) in [6.07, 6.45) is 19.1. The molecule has 3 aromatic rings. The van der Waals surface area contributed by atoms with Crippen molar-refractivity contribution in [3.05, 3.63) is 126 Å². The van der Waals surface area contributed by atoms with Crippen LogP contribution in [0.5, 0.6) is 0 Å². The molecule has 4 heteroatoms. The number of benzene rings is 3. The molecule has 1 aliphatic heterocycles. The second-order valence-corrected chi connectivity index (χ2v) is 9.58. The quantitative estimate of drug-likeness (QED) is 0.183. The van der Waals surface area contributed by atoms with Crippen LogP contribution < -0.4 is 0 Å². The van der Waals surface area contributed by atoms with Crippen molar-refractivity contribution in [3.8, 4) is 0 Å². The summed E-state index contributed by atoms with van der Waals surface area (Å²) in [6, 6.07) is 31.2. The van der Waals surface area contributed by atoms with Gasteiger partial charge in [-0.15, -0.1) is 0 Å². The highest BCUT2D eigenvalue weighted by molar-refractivity contribution is 5.78. The molecule has 0 saturated carbocycles. The fourth-order valence-corrected chi connectivity index (χ4v) is 4.39. The van der Waals surface area contributed by atoms with Crippen LogP contribution in [0.2, 0.25) is 0 Å². The normalized spacial score (nSPS) is 14.7. The minimum atomic E-state index is 0.769. The smallest absolute Gasteiger partial charge is 0.163 e. The predicted octanol–water partition coefficient (Wildman–Crippen LogP) is 6.71. The standard InChI is InChI=1S/C35H40N4.C2H6/c1-4-13-33(14-5-1)19-10-22-36-23-26-37(24-11-20-34-15-6-2-7-16-34)27-30-39-31-28-38(29-32-39)25-12-21-35-17-8-3-9-18-35;1-2/h1-22,24-25H,23,26-32H2;1-2H3/q+2;/b19-10+,20-11+,21-12+,36-22?,37-24?;. The Morgan fingerprint density at radius 3 is 1.76 bits per heavy atom. The Balaban J connectivity index is 0.00000226. The molecule has 0 N–H and O–H groups in total. The van der Waals surface area contributed by atoms with E-state index in [1.54, 1.807) is 0 Å². The van der Waals surface area contributed by atoms with E-state index in [0.717, 1.165) is 52.4 Å². The Morgan fingerprint density at radius 2 is 1.20 bits per heavy atom. The van der Waals surface area contributed by atoms with Crippen molar-refractivity contribution in [1.82, 2.24) is 4.90 Å². The Kier molecular flexibility index (Phi) is 15.2. The zero-order valence-corrected chi connectivity index (χ0v) is 24.8. The lowest BCUT2D eigenvalue weighted by atomic mass is 10.2. The lowest BCUT2D eigenvalue weighted by molar-refractivity contribution is -0.540. The number of piperazine rings is 1. The summed E-state index contributed by atoms with van der Waals surface area (Å²) in [6.45, 7) is 12.0. The van der Waals surface area contributed by atoms with E-state index in [1.165, 1.54) is 16.7 Å². The second-order valence-electron chi connectivity index (χ2n) is 9.58. The van der Waals surface area contributed by atoms with Gasteiger partial charge in [0.15, 0.2) is 38.6 Å². The van der Waals surface area contributed by atoms with Crippen molar-refractivity contribution in [1.29, 1.82) is 0 Å². The molecule has 4 rings (SSSR count). The van der Waals surface area contributed by atoms with Gasteiger partial charge in [0.1, 0.15) is 0 Å². The van der Waals surface area contributed by atoms with E-state index in [9.17, 15) is 0 Å². The van der Waals surface area contributed by atoms with Crippen molar-refractivity contribution >= 4 is 36.9 Å². The SMILES string of the molecule is C(/C=C/c1ccccc1)=NCC[N+](=C/C=C/c1ccccc1)CCN1CC[N+](=C/C=C/c2ccccc2)CC1.CC. The van der Waals surface area contributed by atoms with Crippen LogP contribution in [0.4, 0.5) is 0 Å². The highest BCUT2D eigenvalue weighted by Gasteiger charge is 2.19. The highest BCUT2D eigenvalue weighted by atomic mass is 15.2. The topological polar surface area (TPSA) is 21.6 Å². The molecule has 0 radical (unpaired) electrons. The molecule has 3 aromatic carbocycles. The van der Waals surface area contributed by atoms with Gasteiger partial charge in [-0.05, 0) is 34.9 Å². The largest absolute Gasteiger partial charge is 0.287 e. The second kappa shape index (κ2) is 19.8. The van der Waals surface area contributed by atoms with E-state index in [0.29, 0.717) is 0 Å². The number of aliphatic imine (C=N–C) groups is 1. The van der Waals surface area contributed by atoms with Crippen LogP contribution in [-0.2, 0) is 0 Å². The third kappa shape index (κ3) is 13.2. The molecule has 1 heterocycles. The molecule has 0 spiro atoms. The third-order valence-corrected chi connectivity index (χ3v) is 6.68. The molecule has 0 unspecified atom stereocenters. The number of hydrogen-bond acceptors (Lipinski definition) is 2. The maximum Gasteiger partial charge on any atom is 0.163 e. The van der Waals surface area contributed by atoms with Gasteiger partial charge in [-0.25, -0.2) is 9.15 Å². The Hall–Kier alpha value is -4.15. The number of allylic oxidation sites excluding steroid dienone is 3. The molecule has 0 atom stereocenters. The van der Waals surface area contributed by atoms with Crippen LogP contribution in [0.15, 0.2) is 114 Å². The van der Waals surface area contributed by atoms with E-state index in [4.69, 9.17) is 0 Å². The van der Waals surface area contributed by atoms with Gasteiger partial charge in [0, 0.05) is 18.4 Å². The zero-order valence-electron chi connectivity index (χ0n) is 24.8. The minimum Gasteiger partial charge on any atom is -0.287 e. The van der Waals surface area contributed by atoms with E-state index in [2.05, 4.69) is 147 Å². The first kappa shape index (κ1) is 31.4. The van der Waals surface area contributed by atoms with Gasteiger partial charge in [-0.3, -0.25) is 9.89 Å². The van der Waals surface area contributed by atoms with Crippen LogP contribution >= 0.6 is 0 Å². The van der Waals surface area contributed by atoms with E-state index in [1.807, 2.05) is 32.2 Å². The van der Waals surface area contributed by atoms with Gasteiger partial charge < -0.3 is 0 Å². The zero-order chi connectivity index (χ0) is 28.8. The molecule has 1 aliphatic rings. The summed E-state index contributed by atoms with van der Waals surface area (Å²) in [7, 11) is 0. The number of hydrogen-bond donors (Lipinski definition) is 0. The Labute approximate surface area is 247 Å². The molecule has 1 fully saturated rings. The molecule has 0 bridgehead atoms.